The van der Waals surface area contributed by atoms with Crippen molar-refractivity contribution in [3.63, 3.8) is 0 Å². The highest BCUT2D eigenvalue weighted by Crippen LogP contribution is 2.30. The fourth-order valence-electron chi connectivity index (χ4n) is 4.75. The Kier molecular flexibility index (Phi) is 10.7. The van der Waals surface area contributed by atoms with Crippen LogP contribution in [-0.2, 0) is 27.4 Å². The maximum Gasteiger partial charge on any atom is 0.326 e. The van der Waals surface area contributed by atoms with Gasteiger partial charge in [-0.05, 0) is 67.6 Å². The second-order valence-electron chi connectivity index (χ2n) is 10.1. The summed E-state index contributed by atoms with van der Waals surface area (Å²) in [6, 6.07) is 17.8. The molecule has 1 fully saturated rings. The van der Waals surface area contributed by atoms with Crippen molar-refractivity contribution in [2.75, 3.05) is 5.43 Å². The molecule has 9 nitrogen and oxygen atoms in total. The van der Waals surface area contributed by atoms with E-state index >= 15 is 0 Å². The normalized spacial score (nSPS) is 16.9. The molecule has 0 heterocycles. The Balaban J connectivity index is 1.23. The van der Waals surface area contributed by atoms with Crippen LogP contribution in [-0.4, -0.2) is 28.9 Å². The molecule has 218 valence electrons. The Labute approximate surface area is 254 Å². The van der Waals surface area contributed by atoms with Crippen molar-refractivity contribution in [1.82, 2.24) is 10.7 Å². The minimum Gasteiger partial charge on any atom is -0.489 e. The van der Waals surface area contributed by atoms with E-state index in [1.54, 1.807) is 66.7 Å². The van der Waals surface area contributed by atoms with Gasteiger partial charge >= 0.3 is 5.97 Å². The van der Waals surface area contributed by atoms with Gasteiger partial charge in [0, 0.05) is 33.9 Å². The van der Waals surface area contributed by atoms with Gasteiger partial charge in [0.15, 0.2) is 5.69 Å². The average molecular weight is 610 g/mol. The van der Waals surface area contributed by atoms with Gasteiger partial charge in [-0.25, -0.2) is 9.64 Å². The van der Waals surface area contributed by atoms with E-state index in [1.807, 2.05) is 0 Å². The first-order chi connectivity index (χ1) is 20.2. The standard InChI is InChI=1S/C31H30Cl2N4O5/c1-34-22-11-13-23(14-12-22)36-37-30(39)21-9-7-20(8-10-21)29(38)35-28(31(40)41)17-19-5-15-24(16-6-19)42-18-25-26(32)3-2-4-27(25)33/h2-6,11-16,20-21,28,36H,7-10,17-18H2,(H,35,38)(H,37,39)(H,40,41)/t20?,21?,28-/m0/s1. The van der Waals surface area contributed by atoms with Gasteiger partial charge in [-0.15, -0.1) is 0 Å². The number of benzene rings is 3. The van der Waals surface area contributed by atoms with Crippen LogP contribution in [0.15, 0.2) is 66.7 Å². The van der Waals surface area contributed by atoms with Gasteiger partial charge in [-0.2, -0.15) is 0 Å². The van der Waals surface area contributed by atoms with Crippen molar-refractivity contribution in [1.29, 1.82) is 0 Å². The Bertz CT molecular complexity index is 1430. The minimum absolute atomic E-state index is 0.109. The Morgan fingerprint density at radius 3 is 2.07 bits per heavy atom. The molecule has 11 heteroatoms. The molecule has 0 spiro atoms. The summed E-state index contributed by atoms with van der Waals surface area (Å²) in [7, 11) is 0. The SMILES string of the molecule is [C-]#[N+]c1ccc(NNC(=O)C2CCC(C(=O)N[C@@H](Cc3ccc(OCc4c(Cl)cccc4Cl)cc3)C(=O)O)CC2)cc1. The minimum atomic E-state index is -1.12. The number of hydrazine groups is 1. The number of hydrogen-bond acceptors (Lipinski definition) is 5. The lowest BCUT2D eigenvalue weighted by molar-refractivity contribution is -0.142. The van der Waals surface area contributed by atoms with Gasteiger partial charge in [-0.3, -0.25) is 20.4 Å². The van der Waals surface area contributed by atoms with Crippen molar-refractivity contribution >= 4 is 52.4 Å². The average Bonchev–Trinajstić information content (AvgIpc) is 3.00. The van der Waals surface area contributed by atoms with Crippen molar-refractivity contribution in [3.05, 3.63) is 99.3 Å². The van der Waals surface area contributed by atoms with Gasteiger partial charge in [0.2, 0.25) is 11.8 Å². The van der Waals surface area contributed by atoms with E-state index in [2.05, 4.69) is 21.0 Å². The fraction of sp³-hybridized carbons (Fsp3) is 0.290. The van der Waals surface area contributed by atoms with Gasteiger partial charge < -0.3 is 15.2 Å². The number of carbonyl (C=O) groups is 3. The van der Waals surface area contributed by atoms with Crippen LogP contribution in [0.1, 0.15) is 36.8 Å². The number of rotatable bonds is 11. The van der Waals surface area contributed by atoms with Gasteiger partial charge in [0.05, 0.1) is 12.3 Å². The highest BCUT2D eigenvalue weighted by molar-refractivity contribution is 6.35. The van der Waals surface area contributed by atoms with Crippen LogP contribution in [0.4, 0.5) is 11.4 Å². The molecule has 1 aliphatic carbocycles. The predicted molar refractivity (Wildman–Crippen MR) is 160 cm³/mol. The highest BCUT2D eigenvalue weighted by atomic mass is 35.5. The number of halogens is 2. The van der Waals surface area contributed by atoms with E-state index in [0.29, 0.717) is 58.4 Å². The lowest BCUT2D eigenvalue weighted by atomic mass is 9.81. The van der Waals surface area contributed by atoms with Crippen molar-refractivity contribution in [2.24, 2.45) is 11.8 Å². The third kappa shape index (κ3) is 8.38. The largest absolute Gasteiger partial charge is 0.489 e. The van der Waals surface area contributed by atoms with Crippen LogP contribution in [0.2, 0.25) is 10.0 Å². The van der Waals surface area contributed by atoms with Gasteiger partial charge in [0.25, 0.3) is 0 Å². The molecule has 1 aliphatic rings. The number of ether oxygens (including phenoxy) is 1. The highest BCUT2D eigenvalue weighted by Gasteiger charge is 2.32. The summed E-state index contributed by atoms with van der Waals surface area (Å²) in [4.78, 5) is 40.8. The second-order valence-corrected chi connectivity index (χ2v) is 10.9. The molecule has 4 N–H and O–H groups in total. The molecule has 0 aliphatic heterocycles. The summed E-state index contributed by atoms with van der Waals surface area (Å²) in [6.45, 7) is 7.18. The number of amides is 2. The maximum absolute atomic E-state index is 12.9. The van der Waals surface area contributed by atoms with E-state index in [-0.39, 0.29) is 36.7 Å². The summed E-state index contributed by atoms with van der Waals surface area (Å²) in [6.07, 6.45) is 2.11. The zero-order valence-corrected chi connectivity index (χ0v) is 24.1. The van der Waals surface area contributed by atoms with Gasteiger partial charge in [-0.1, -0.05) is 53.5 Å². The van der Waals surface area contributed by atoms with E-state index < -0.39 is 12.0 Å². The number of nitrogens with one attached hydrogen (secondary N) is 3. The van der Waals surface area contributed by atoms with Gasteiger partial charge in [0.1, 0.15) is 18.4 Å². The number of aliphatic carboxylic acids is 1. The fourth-order valence-corrected chi connectivity index (χ4v) is 5.25. The molecule has 4 rings (SSSR count). The molecule has 0 aromatic heterocycles. The van der Waals surface area contributed by atoms with Crippen LogP contribution >= 0.6 is 23.2 Å². The molecular weight excluding hydrogens is 579 g/mol. The maximum atomic E-state index is 12.9. The Hall–Kier alpha value is -4.26. The lowest BCUT2D eigenvalue weighted by Crippen LogP contribution is -2.46. The molecule has 42 heavy (non-hydrogen) atoms. The monoisotopic (exact) mass is 608 g/mol. The lowest BCUT2D eigenvalue weighted by Gasteiger charge is -2.28. The quantitative estimate of drug-likeness (QED) is 0.152. The number of hydrogen-bond donors (Lipinski definition) is 4. The molecule has 0 bridgehead atoms. The zero-order chi connectivity index (χ0) is 30.1. The van der Waals surface area contributed by atoms with E-state index in [1.165, 1.54) is 0 Å². The first kappa shape index (κ1) is 30.7. The molecule has 3 aromatic rings. The third-order valence-electron chi connectivity index (χ3n) is 7.22. The Morgan fingerprint density at radius 1 is 0.905 bits per heavy atom. The smallest absolute Gasteiger partial charge is 0.326 e. The summed E-state index contributed by atoms with van der Waals surface area (Å²) >= 11 is 12.4. The van der Waals surface area contributed by atoms with Crippen LogP contribution < -0.4 is 20.9 Å². The van der Waals surface area contributed by atoms with Crippen LogP contribution in [0.3, 0.4) is 0 Å². The number of carbonyl (C=O) groups excluding carboxylic acids is 2. The molecular formula is C31H30Cl2N4O5. The van der Waals surface area contributed by atoms with Crippen LogP contribution in [0, 0.1) is 18.4 Å². The molecule has 2 amide bonds. The zero-order valence-electron chi connectivity index (χ0n) is 22.6. The number of carboxylic acids is 1. The summed E-state index contributed by atoms with van der Waals surface area (Å²) in [5.74, 6) is -1.67. The first-order valence-corrected chi connectivity index (χ1v) is 14.2. The van der Waals surface area contributed by atoms with Crippen LogP contribution in [0.5, 0.6) is 5.75 Å². The number of carboxylic acid groups (broad SMARTS) is 1. The van der Waals surface area contributed by atoms with Crippen molar-refractivity contribution < 1.29 is 24.2 Å². The van der Waals surface area contributed by atoms with E-state index in [9.17, 15) is 19.5 Å². The third-order valence-corrected chi connectivity index (χ3v) is 7.93. The Morgan fingerprint density at radius 2 is 1.50 bits per heavy atom. The van der Waals surface area contributed by atoms with Crippen molar-refractivity contribution in [3.8, 4) is 5.75 Å². The van der Waals surface area contributed by atoms with Crippen molar-refractivity contribution in [2.45, 2.75) is 44.8 Å². The number of nitrogens with zero attached hydrogens (tertiary/aromatic N) is 1. The summed E-state index contributed by atoms with van der Waals surface area (Å²) < 4.78 is 5.78. The molecule has 0 saturated heterocycles. The summed E-state index contributed by atoms with van der Waals surface area (Å²) in [5.41, 5.74) is 8.10. The molecule has 0 unspecified atom stereocenters. The predicted octanol–water partition coefficient (Wildman–Crippen LogP) is 6.18. The topological polar surface area (TPSA) is 121 Å². The molecule has 1 saturated carbocycles. The van der Waals surface area contributed by atoms with E-state index in [0.717, 1.165) is 5.56 Å². The molecule has 0 radical (unpaired) electrons. The van der Waals surface area contributed by atoms with Crippen LogP contribution in [0.25, 0.3) is 4.85 Å². The molecule has 3 aromatic carbocycles. The van der Waals surface area contributed by atoms with E-state index in [4.69, 9.17) is 34.5 Å². The molecule has 1 atom stereocenters. The second kappa shape index (κ2) is 14.6. The first-order valence-electron chi connectivity index (χ1n) is 13.4. The number of anilines is 1. The summed E-state index contributed by atoms with van der Waals surface area (Å²) in [5, 5.41) is 13.4.